The minimum atomic E-state index is 0.466. The van der Waals surface area contributed by atoms with Crippen LogP contribution in [0.4, 0.5) is 0 Å². The lowest BCUT2D eigenvalue weighted by Gasteiger charge is -2.20. The number of nitrogens with zero attached hydrogens (tertiary/aromatic N) is 1. The van der Waals surface area contributed by atoms with Crippen LogP contribution >= 0.6 is 0 Å². The van der Waals surface area contributed by atoms with Crippen molar-refractivity contribution in [3.05, 3.63) is 5.21 Å². The highest BCUT2D eigenvalue weighted by atomic mass is 16.5. The van der Waals surface area contributed by atoms with E-state index in [9.17, 15) is 5.21 Å². The molecule has 50 valence electrons. The van der Waals surface area contributed by atoms with Crippen LogP contribution in [-0.2, 0) is 0 Å². The molecular formula is C5H13N2O-. The zero-order valence-corrected chi connectivity index (χ0v) is 5.26. The third-order valence-electron chi connectivity index (χ3n) is 0.982. The van der Waals surface area contributed by atoms with E-state index in [4.69, 9.17) is 5.84 Å². The van der Waals surface area contributed by atoms with Crippen molar-refractivity contribution >= 4 is 0 Å². The third kappa shape index (κ3) is 5.88. The Kier molecular flexibility index (Phi) is 4.95. The lowest BCUT2D eigenvalue weighted by molar-refractivity contribution is 0.381. The van der Waals surface area contributed by atoms with Gasteiger partial charge in [0.15, 0.2) is 0 Å². The topological polar surface area (TPSA) is 52.3 Å². The Bertz CT molecular complexity index is 47.7. The molecule has 0 saturated heterocycles. The fourth-order valence-electron chi connectivity index (χ4n) is 0.518. The first-order valence-electron chi connectivity index (χ1n) is 2.96. The SMILES string of the molecule is CCCCCN(N)[O-]. The number of hydrazine groups is 1. The zero-order chi connectivity index (χ0) is 6.41. The highest BCUT2D eigenvalue weighted by Gasteiger charge is 1.82. The van der Waals surface area contributed by atoms with Crippen molar-refractivity contribution < 1.29 is 0 Å². The van der Waals surface area contributed by atoms with E-state index in [1.54, 1.807) is 0 Å². The maximum atomic E-state index is 10.0. The molecule has 0 aliphatic rings. The van der Waals surface area contributed by atoms with Gasteiger partial charge in [0, 0.05) is 0 Å². The number of hydrogen-bond acceptors (Lipinski definition) is 3. The molecule has 0 rings (SSSR count). The van der Waals surface area contributed by atoms with E-state index < -0.39 is 0 Å². The van der Waals surface area contributed by atoms with Crippen molar-refractivity contribution in [2.75, 3.05) is 6.54 Å². The van der Waals surface area contributed by atoms with Gasteiger partial charge in [0.05, 0.1) is 0 Å². The molecule has 2 N–H and O–H groups in total. The maximum Gasteiger partial charge on any atom is -0.000782 e. The second kappa shape index (κ2) is 5.03. The van der Waals surface area contributed by atoms with Crippen LogP contribution in [0, 0.1) is 5.21 Å². The fraction of sp³-hybridized carbons (Fsp3) is 1.00. The van der Waals surface area contributed by atoms with Crippen molar-refractivity contribution in [3.8, 4) is 0 Å². The third-order valence-corrected chi connectivity index (χ3v) is 0.982. The smallest absolute Gasteiger partial charge is 0.000782 e. The first-order chi connectivity index (χ1) is 3.77. The number of unbranched alkanes of at least 4 members (excludes halogenated alkanes) is 2. The number of nitrogens with two attached hydrogens (primary N) is 1. The van der Waals surface area contributed by atoms with Crippen molar-refractivity contribution in [2.24, 2.45) is 5.84 Å². The molecule has 8 heavy (non-hydrogen) atoms. The summed E-state index contributed by atoms with van der Waals surface area (Å²) in [5.74, 6) is 4.81. The predicted molar refractivity (Wildman–Crippen MR) is 33.8 cm³/mol. The van der Waals surface area contributed by atoms with E-state index >= 15 is 0 Å². The Morgan fingerprint density at radius 2 is 2.12 bits per heavy atom. The minimum absolute atomic E-state index is 0.466. The van der Waals surface area contributed by atoms with Gasteiger partial charge in [0.25, 0.3) is 0 Å². The van der Waals surface area contributed by atoms with Gasteiger partial charge in [-0.2, -0.15) is 0 Å². The molecule has 0 saturated carbocycles. The molecule has 0 aliphatic carbocycles. The summed E-state index contributed by atoms with van der Waals surface area (Å²) in [6.07, 6.45) is 3.14. The average molecular weight is 117 g/mol. The molecule has 0 aromatic heterocycles. The second-order valence-electron chi connectivity index (χ2n) is 1.85. The molecule has 0 unspecified atom stereocenters. The van der Waals surface area contributed by atoms with Crippen molar-refractivity contribution in [2.45, 2.75) is 26.2 Å². The Labute approximate surface area is 50.0 Å². The monoisotopic (exact) mass is 117 g/mol. The maximum absolute atomic E-state index is 10.0. The molecule has 0 aromatic rings. The molecule has 3 heteroatoms. The van der Waals surface area contributed by atoms with Crippen LogP contribution in [0.1, 0.15) is 26.2 Å². The van der Waals surface area contributed by atoms with Gasteiger partial charge in [0.2, 0.25) is 0 Å². The van der Waals surface area contributed by atoms with Gasteiger partial charge in [-0.15, -0.1) is 0 Å². The van der Waals surface area contributed by atoms with E-state index in [0.717, 1.165) is 19.3 Å². The molecule has 0 bridgehead atoms. The fourth-order valence-corrected chi connectivity index (χ4v) is 0.518. The van der Waals surface area contributed by atoms with Gasteiger partial charge >= 0.3 is 0 Å². The molecule has 0 spiro atoms. The predicted octanol–water partition coefficient (Wildman–Crippen LogP) is 0.850. The summed E-state index contributed by atoms with van der Waals surface area (Å²) in [6.45, 7) is 2.56. The molecule has 0 radical (unpaired) electrons. The van der Waals surface area contributed by atoms with Gasteiger partial charge < -0.3 is 10.4 Å². The van der Waals surface area contributed by atoms with Crippen LogP contribution < -0.4 is 5.84 Å². The summed E-state index contributed by atoms with van der Waals surface area (Å²) in [5.41, 5.74) is 0. The molecular weight excluding hydrogens is 104 g/mol. The minimum Gasteiger partial charge on any atom is -0.772 e. The zero-order valence-electron chi connectivity index (χ0n) is 5.26. The van der Waals surface area contributed by atoms with E-state index in [2.05, 4.69) is 6.92 Å². The van der Waals surface area contributed by atoms with E-state index in [1.807, 2.05) is 0 Å². The Balaban J connectivity index is 2.72. The normalized spacial score (nSPS) is 10.5. The standard InChI is InChI=1S/C5H13N2O/c1-2-3-4-5-7(6)8/h2-6H2,1H3/q-1. The quantitative estimate of drug-likeness (QED) is 0.337. The van der Waals surface area contributed by atoms with Gasteiger partial charge in [0.1, 0.15) is 0 Å². The molecule has 3 nitrogen and oxygen atoms in total. The molecule has 0 fully saturated rings. The molecule has 0 heterocycles. The van der Waals surface area contributed by atoms with Gasteiger partial charge in [-0.1, -0.05) is 19.8 Å². The number of rotatable bonds is 4. The largest absolute Gasteiger partial charge is 0.772 e. The van der Waals surface area contributed by atoms with Crippen molar-refractivity contribution in [3.63, 3.8) is 0 Å². The Morgan fingerprint density at radius 3 is 2.50 bits per heavy atom. The lowest BCUT2D eigenvalue weighted by atomic mass is 10.2. The first kappa shape index (κ1) is 7.88. The van der Waals surface area contributed by atoms with Crippen LogP contribution in [0.2, 0.25) is 0 Å². The van der Waals surface area contributed by atoms with E-state index in [-0.39, 0.29) is 0 Å². The van der Waals surface area contributed by atoms with Crippen molar-refractivity contribution in [1.82, 2.24) is 5.17 Å². The summed E-state index contributed by atoms with van der Waals surface area (Å²) >= 11 is 0. The first-order valence-corrected chi connectivity index (χ1v) is 2.96. The van der Waals surface area contributed by atoms with Gasteiger partial charge in [-0.05, 0) is 13.0 Å². The van der Waals surface area contributed by atoms with Crippen LogP contribution in [0.5, 0.6) is 0 Å². The molecule has 0 atom stereocenters. The van der Waals surface area contributed by atoms with Gasteiger partial charge in [-0.3, -0.25) is 5.84 Å². The average Bonchev–Trinajstić information content (AvgIpc) is 1.66. The summed E-state index contributed by atoms with van der Waals surface area (Å²) in [5, 5.41) is 10.5. The molecule has 0 aliphatic heterocycles. The van der Waals surface area contributed by atoms with E-state index in [1.165, 1.54) is 0 Å². The van der Waals surface area contributed by atoms with Crippen LogP contribution in [0.15, 0.2) is 0 Å². The highest BCUT2D eigenvalue weighted by molar-refractivity contribution is 4.45. The number of hydrogen-bond donors (Lipinski definition) is 1. The van der Waals surface area contributed by atoms with Crippen LogP contribution in [-0.4, -0.2) is 11.7 Å². The van der Waals surface area contributed by atoms with Crippen LogP contribution in [0.25, 0.3) is 0 Å². The van der Waals surface area contributed by atoms with Crippen molar-refractivity contribution in [1.29, 1.82) is 0 Å². The lowest BCUT2D eigenvalue weighted by Crippen LogP contribution is -2.24. The summed E-state index contributed by atoms with van der Waals surface area (Å²) < 4.78 is 0. The summed E-state index contributed by atoms with van der Waals surface area (Å²) in [6, 6.07) is 0. The highest BCUT2D eigenvalue weighted by Crippen LogP contribution is 1.92. The summed E-state index contributed by atoms with van der Waals surface area (Å²) in [4.78, 5) is 0. The molecule has 0 amide bonds. The second-order valence-corrected chi connectivity index (χ2v) is 1.85. The summed E-state index contributed by atoms with van der Waals surface area (Å²) in [7, 11) is 0. The van der Waals surface area contributed by atoms with Crippen LogP contribution in [0.3, 0.4) is 0 Å². The van der Waals surface area contributed by atoms with E-state index in [0.29, 0.717) is 11.7 Å². The molecule has 0 aromatic carbocycles. The van der Waals surface area contributed by atoms with Gasteiger partial charge in [-0.25, -0.2) is 0 Å². The Morgan fingerprint density at radius 1 is 1.50 bits per heavy atom. The number of hydroxylamine groups is 1. The Hall–Kier alpha value is -0.120.